The number of anilines is 1. The molecule has 1 unspecified atom stereocenters. The van der Waals surface area contributed by atoms with Gasteiger partial charge in [-0.15, -0.1) is 0 Å². The zero-order valence-electron chi connectivity index (χ0n) is 13.9. The first-order valence-electron chi connectivity index (χ1n) is 7.90. The van der Waals surface area contributed by atoms with E-state index in [0.717, 1.165) is 29.5 Å². The van der Waals surface area contributed by atoms with Gasteiger partial charge in [-0.2, -0.15) is 16.9 Å². The van der Waals surface area contributed by atoms with Crippen LogP contribution < -0.4 is 10.1 Å². The van der Waals surface area contributed by atoms with Crippen LogP contribution in [-0.2, 0) is 11.8 Å². The van der Waals surface area contributed by atoms with E-state index in [9.17, 15) is 4.79 Å². The topological polar surface area (TPSA) is 59.4 Å². The minimum atomic E-state index is 0.000886. The lowest BCUT2D eigenvalue weighted by atomic mass is 10.1. The van der Waals surface area contributed by atoms with Gasteiger partial charge in [-0.3, -0.25) is 14.4 Å². The molecule has 1 aliphatic heterocycles. The van der Waals surface area contributed by atoms with E-state index in [2.05, 4.69) is 15.3 Å². The maximum absolute atomic E-state index is 12.4. The molecular weight excluding hydrogens is 324 g/mol. The molecule has 1 N–H and O–H groups in total. The van der Waals surface area contributed by atoms with Crippen LogP contribution >= 0.6 is 11.8 Å². The number of hydrogen-bond acceptors (Lipinski definition) is 5. The summed E-state index contributed by atoms with van der Waals surface area (Å²) in [6.07, 6.45) is 3.93. The van der Waals surface area contributed by atoms with Crippen LogP contribution in [0, 0.1) is 0 Å². The number of methoxy groups -OCH3 is 1. The van der Waals surface area contributed by atoms with E-state index in [1.807, 2.05) is 60.2 Å². The Morgan fingerprint density at radius 3 is 2.88 bits per heavy atom. The molecule has 1 aromatic heterocycles. The second-order valence-electron chi connectivity index (χ2n) is 5.79. The minimum absolute atomic E-state index is 0.000886. The van der Waals surface area contributed by atoms with Gasteiger partial charge in [0.25, 0.3) is 0 Å². The Kier molecular flexibility index (Phi) is 5.42. The Morgan fingerprint density at radius 1 is 1.42 bits per heavy atom. The van der Waals surface area contributed by atoms with Gasteiger partial charge in [0.05, 0.1) is 19.9 Å². The highest BCUT2D eigenvalue weighted by Gasteiger charge is 2.26. The van der Waals surface area contributed by atoms with Gasteiger partial charge in [-0.05, 0) is 24.3 Å². The van der Waals surface area contributed by atoms with Gasteiger partial charge in [-0.1, -0.05) is 0 Å². The minimum Gasteiger partial charge on any atom is -0.497 e. The van der Waals surface area contributed by atoms with Gasteiger partial charge < -0.3 is 10.1 Å². The lowest BCUT2D eigenvalue weighted by Crippen LogP contribution is -2.41. The molecule has 0 aliphatic carbocycles. The molecule has 1 aromatic carbocycles. The summed E-state index contributed by atoms with van der Waals surface area (Å²) >= 11 is 1.92. The molecule has 2 heterocycles. The van der Waals surface area contributed by atoms with Crippen molar-refractivity contribution in [2.24, 2.45) is 7.05 Å². The Labute approximate surface area is 146 Å². The molecule has 6 nitrogen and oxygen atoms in total. The Balaban J connectivity index is 1.62. The van der Waals surface area contributed by atoms with Crippen molar-refractivity contribution >= 4 is 23.4 Å². The smallest absolute Gasteiger partial charge is 0.238 e. The molecule has 2 aromatic rings. The molecule has 1 amide bonds. The number of amides is 1. The number of nitrogens with zero attached hydrogens (tertiary/aromatic N) is 3. The van der Waals surface area contributed by atoms with Gasteiger partial charge in [-0.25, -0.2) is 0 Å². The van der Waals surface area contributed by atoms with Gasteiger partial charge >= 0.3 is 0 Å². The number of nitrogens with one attached hydrogen (secondary N) is 1. The van der Waals surface area contributed by atoms with Crippen molar-refractivity contribution in [2.45, 2.75) is 6.04 Å². The standard InChI is InChI=1S/C17H22N4O2S/c1-20-10-13(9-18-20)16-12-24-8-7-21(16)11-17(22)19-14-3-5-15(23-2)6-4-14/h3-6,9-10,16H,7-8,11-12H2,1-2H3,(H,19,22). The normalized spacial score (nSPS) is 18.3. The third-order valence-electron chi connectivity index (χ3n) is 4.07. The molecule has 1 aliphatic rings. The molecule has 24 heavy (non-hydrogen) atoms. The number of rotatable bonds is 5. The molecule has 128 valence electrons. The van der Waals surface area contributed by atoms with Crippen LogP contribution in [0.1, 0.15) is 11.6 Å². The van der Waals surface area contributed by atoms with E-state index in [1.54, 1.807) is 7.11 Å². The summed E-state index contributed by atoms with van der Waals surface area (Å²) in [5.41, 5.74) is 1.95. The lowest BCUT2D eigenvalue weighted by Gasteiger charge is -2.34. The summed E-state index contributed by atoms with van der Waals surface area (Å²) in [6, 6.07) is 7.61. The first-order chi connectivity index (χ1) is 11.7. The van der Waals surface area contributed by atoms with Crippen LogP contribution in [-0.4, -0.2) is 52.3 Å². The molecule has 3 rings (SSSR count). The molecule has 0 bridgehead atoms. The second kappa shape index (κ2) is 7.72. The number of thioether (sulfide) groups is 1. The maximum Gasteiger partial charge on any atom is 0.238 e. The summed E-state index contributed by atoms with van der Waals surface area (Å²) in [5, 5.41) is 7.21. The Bertz CT molecular complexity index is 686. The zero-order chi connectivity index (χ0) is 16.9. The highest BCUT2D eigenvalue weighted by atomic mass is 32.2. The highest BCUT2D eigenvalue weighted by molar-refractivity contribution is 7.99. The van der Waals surface area contributed by atoms with E-state index < -0.39 is 0 Å². The Hall–Kier alpha value is -1.99. The lowest BCUT2D eigenvalue weighted by molar-refractivity contribution is -0.117. The van der Waals surface area contributed by atoms with Gasteiger partial charge in [0, 0.05) is 48.6 Å². The van der Waals surface area contributed by atoms with Crippen molar-refractivity contribution in [2.75, 3.05) is 37.0 Å². The fourth-order valence-corrected chi connectivity index (χ4v) is 3.96. The molecular formula is C17H22N4O2S. The SMILES string of the molecule is COc1ccc(NC(=O)CN2CCSCC2c2cnn(C)c2)cc1. The van der Waals surface area contributed by atoms with Crippen LogP contribution in [0.15, 0.2) is 36.7 Å². The maximum atomic E-state index is 12.4. The molecule has 0 spiro atoms. The molecule has 7 heteroatoms. The molecule has 1 saturated heterocycles. The summed E-state index contributed by atoms with van der Waals surface area (Å²) in [4.78, 5) is 14.6. The quantitative estimate of drug-likeness (QED) is 0.899. The van der Waals surface area contributed by atoms with Crippen LogP contribution in [0.2, 0.25) is 0 Å². The molecule has 0 radical (unpaired) electrons. The summed E-state index contributed by atoms with van der Waals surface area (Å²) in [7, 11) is 3.54. The fraction of sp³-hybridized carbons (Fsp3) is 0.412. The van der Waals surface area contributed by atoms with Gasteiger partial charge in [0.1, 0.15) is 5.75 Å². The number of carbonyl (C=O) groups is 1. The van der Waals surface area contributed by atoms with Crippen LogP contribution in [0.4, 0.5) is 5.69 Å². The van der Waals surface area contributed by atoms with Crippen LogP contribution in [0.3, 0.4) is 0 Å². The van der Waals surface area contributed by atoms with Crippen LogP contribution in [0.5, 0.6) is 5.75 Å². The predicted octanol–water partition coefficient (Wildman–Crippen LogP) is 2.16. The number of aromatic nitrogens is 2. The van der Waals surface area contributed by atoms with E-state index >= 15 is 0 Å². The third-order valence-corrected chi connectivity index (χ3v) is 5.09. The summed E-state index contributed by atoms with van der Waals surface area (Å²) < 4.78 is 6.94. The largest absolute Gasteiger partial charge is 0.497 e. The summed E-state index contributed by atoms with van der Waals surface area (Å²) in [6.45, 7) is 1.28. The van der Waals surface area contributed by atoms with Crippen molar-refractivity contribution in [3.63, 3.8) is 0 Å². The van der Waals surface area contributed by atoms with Gasteiger partial charge in [0.2, 0.25) is 5.91 Å². The number of hydrogen-bond donors (Lipinski definition) is 1. The van der Waals surface area contributed by atoms with Gasteiger partial charge in [0.15, 0.2) is 0 Å². The predicted molar refractivity (Wildman–Crippen MR) is 96.5 cm³/mol. The fourth-order valence-electron chi connectivity index (χ4n) is 2.81. The van der Waals surface area contributed by atoms with Crippen molar-refractivity contribution in [3.8, 4) is 5.75 Å². The Morgan fingerprint density at radius 2 is 2.21 bits per heavy atom. The van der Waals surface area contributed by atoms with E-state index in [-0.39, 0.29) is 11.9 Å². The first kappa shape index (κ1) is 16.9. The van der Waals surface area contributed by atoms with Crippen molar-refractivity contribution in [3.05, 3.63) is 42.2 Å². The average Bonchev–Trinajstić information content (AvgIpc) is 3.02. The van der Waals surface area contributed by atoms with Crippen LogP contribution in [0.25, 0.3) is 0 Å². The molecule has 0 saturated carbocycles. The van der Waals surface area contributed by atoms with E-state index in [1.165, 1.54) is 5.56 Å². The summed E-state index contributed by atoms with van der Waals surface area (Å²) in [5.74, 6) is 2.81. The monoisotopic (exact) mass is 346 g/mol. The average molecular weight is 346 g/mol. The van der Waals surface area contributed by atoms with Crippen molar-refractivity contribution < 1.29 is 9.53 Å². The first-order valence-corrected chi connectivity index (χ1v) is 9.05. The molecule has 1 fully saturated rings. The second-order valence-corrected chi connectivity index (χ2v) is 6.94. The number of benzene rings is 1. The molecule has 1 atom stereocenters. The zero-order valence-corrected chi connectivity index (χ0v) is 14.8. The van der Waals surface area contributed by atoms with E-state index in [0.29, 0.717) is 6.54 Å². The highest BCUT2D eigenvalue weighted by Crippen LogP contribution is 2.29. The number of aryl methyl sites for hydroxylation is 1. The number of ether oxygens (including phenoxy) is 1. The number of carbonyl (C=O) groups excluding carboxylic acids is 1. The van der Waals surface area contributed by atoms with E-state index in [4.69, 9.17) is 4.74 Å². The van der Waals surface area contributed by atoms with Crippen molar-refractivity contribution in [1.82, 2.24) is 14.7 Å². The third kappa shape index (κ3) is 4.10. The van der Waals surface area contributed by atoms with Crippen molar-refractivity contribution in [1.29, 1.82) is 0 Å².